The van der Waals surface area contributed by atoms with Gasteiger partial charge < -0.3 is 9.84 Å². The third kappa shape index (κ3) is 3.11. The molecule has 1 fully saturated rings. The summed E-state index contributed by atoms with van der Waals surface area (Å²) in [5.74, 6) is 1.80. The van der Waals surface area contributed by atoms with E-state index >= 15 is 0 Å². The van der Waals surface area contributed by atoms with Gasteiger partial charge in [-0.3, -0.25) is 0 Å². The maximum Gasteiger partial charge on any atom is 0.276 e. The van der Waals surface area contributed by atoms with Gasteiger partial charge in [-0.2, -0.15) is 4.98 Å². The van der Waals surface area contributed by atoms with Crippen LogP contribution in [0.25, 0.3) is 11.6 Å². The minimum absolute atomic E-state index is 0.454. The monoisotopic (exact) mass is 278 g/mol. The second-order valence-corrected chi connectivity index (χ2v) is 5.23. The van der Waals surface area contributed by atoms with Gasteiger partial charge in [0.15, 0.2) is 5.82 Å². The molecule has 1 N–H and O–H groups in total. The van der Waals surface area contributed by atoms with Crippen LogP contribution in [0.1, 0.15) is 18.7 Å². The Hall–Kier alpha value is -1.46. The van der Waals surface area contributed by atoms with Crippen LogP contribution >= 0.6 is 11.6 Å². The normalized spacial score (nSPS) is 19.5. The zero-order valence-electron chi connectivity index (χ0n) is 10.5. The van der Waals surface area contributed by atoms with Crippen LogP contribution < -0.4 is 5.32 Å². The molecule has 0 spiro atoms. The maximum atomic E-state index is 5.80. The lowest BCUT2D eigenvalue weighted by atomic mass is 9.96. The number of hydrogen-bond donors (Lipinski definition) is 1. The van der Waals surface area contributed by atoms with Gasteiger partial charge >= 0.3 is 0 Å². The van der Waals surface area contributed by atoms with Crippen LogP contribution in [-0.4, -0.2) is 28.2 Å². The highest BCUT2D eigenvalue weighted by Crippen LogP contribution is 2.19. The summed E-state index contributed by atoms with van der Waals surface area (Å²) in [5.41, 5.74) is 0.657. The number of piperidine rings is 1. The minimum Gasteiger partial charge on any atom is -0.332 e. The quantitative estimate of drug-likeness (QED) is 0.933. The molecular weight excluding hydrogens is 264 g/mol. The van der Waals surface area contributed by atoms with E-state index in [9.17, 15) is 0 Å². The summed E-state index contributed by atoms with van der Waals surface area (Å²) < 4.78 is 5.25. The Labute approximate surface area is 116 Å². The summed E-state index contributed by atoms with van der Waals surface area (Å²) in [6.45, 7) is 2.14. The molecule has 0 radical (unpaired) electrons. The zero-order chi connectivity index (χ0) is 13.1. The molecular formula is C13H15ClN4O. The Morgan fingerprint density at radius 3 is 3.11 bits per heavy atom. The minimum atomic E-state index is 0.454. The van der Waals surface area contributed by atoms with E-state index in [0.717, 1.165) is 25.3 Å². The van der Waals surface area contributed by atoms with Crippen LogP contribution in [0.2, 0.25) is 5.02 Å². The molecule has 0 amide bonds. The van der Waals surface area contributed by atoms with E-state index in [2.05, 4.69) is 20.4 Å². The van der Waals surface area contributed by atoms with Crippen molar-refractivity contribution < 1.29 is 4.52 Å². The third-order valence-corrected chi connectivity index (χ3v) is 3.51. The molecule has 5 nitrogen and oxygen atoms in total. The average molecular weight is 279 g/mol. The Morgan fingerprint density at radius 1 is 1.42 bits per heavy atom. The van der Waals surface area contributed by atoms with E-state index in [-0.39, 0.29) is 0 Å². The number of pyridine rings is 1. The Bertz CT molecular complexity index is 534. The Morgan fingerprint density at radius 2 is 2.37 bits per heavy atom. The fraction of sp³-hybridized carbons (Fsp3) is 0.462. The first kappa shape index (κ1) is 12.6. The van der Waals surface area contributed by atoms with Crippen LogP contribution in [0, 0.1) is 5.92 Å². The van der Waals surface area contributed by atoms with Gasteiger partial charge in [-0.1, -0.05) is 16.8 Å². The van der Waals surface area contributed by atoms with Gasteiger partial charge in [0.25, 0.3) is 5.89 Å². The molecule has 19 heavy (non-hydrogen) atoms. The lowest BCUT2D eigenvalue weighted by Gasteiger charge is -2.20. The van der Waals surface area contributed by atoms with Crippen molar-refractivity contribution in [1.82, 2.24) is 20.4 Å². The third-order valence-electron chi connectivity index (χ3n) is 3.28. The molecule has 0 saturated carbocycles. The van der Waals surface area contributed by atoms with Gasteiger partial charge in [-0.05, 0) is 44.0 Å². The number of nitrogens with one attached hydrogen (secondary N) is 1. The smallest absolute Gasteiger partial charge is 0.276 e. The first-order valence-corrected chi connectivity index (χ1v) is 6.84. The first-order chi connectivity index (χ1) is 9.31. The van der Waals surface area contributed by atoms with Gasteiger partial charge in [-0.25, -0.2) is 4.98 Å². The van der Waals surface area contributed by atoms with Gasteiger partial charge in [0.2, 0.25) is 0 Å². The highest BCUT2D eigenvalue weighted by molar-refractivity contribution is 6.30. The standard InChI is InChI=1S/C13H15ClN4O/c14-10-3-4-11(16-8-10)13-17-12(18-19-13)6-9-2-1-5-15-7-9/h3-4,8-9,15H,1-2,5-7H2. The second kappa shape index (κ2) is 5.67. The van der Waals surface area contributed by atoms with Crippen molar-refractivity contribution in [3.05, 3.63) is 29.2 Å². The van der Waals surface area contributed by atoms with Crippen molar-refractivity contribution in [3.8, 4) is 11.6 Å². The van der Waals surface area contributed by atoms with E-state index in [1.165, 1.54) is 12.8 Å². The summed E-state index contributed by atoms with van der Waals surface area (Å²) in [5, 5.41) is 8.00. The maximum absolute atomic E-state index is 5.80. The van der Waals surface area contributed by atoms with E-state index in [1.807, 2.05) is 0 Å². The van der Waals surface area contributed by atoms with E-state index in [4.69, 9.17) is 16.1 Å². The van der Waals surface area contributed by atoms with Crippen molar-refractivity contribution in [3.63, 3.8) is 0 Å². The van der Waals surface area contributed by atoms with Crippen molar-refractivity contribution in [1.29, 1.82) is 0 Å². The second-order valence-electron chi connectivity index (χ2n) is 4.79. The Balaban J connectivity index is 1.70. The molecule has 6 heteroatoms. The number of rotatable bonds is 3. The van der Waals surface area contributed by atoms with Gasteiger partial charge in [-0.15, -0.1) is 0 Å². The highest BCUT2D eigenvalue weighted by Gasteiger charge is 2.17. The lowest BCUT2D eigenvalue weighted by molar-refractivity contribution is 0.359. The van der Waals surface area contributed by atoms with Crippen molar-refractivity contribution in [2.24, 2.45) is 5.92 Å². The fourth-order valence-corrected chi connectivity index (χ4v) is 2.41. The molecule has 0 bridgehead atoms. The number of halogens is 1. The SMILES string of the molecule is Clc1ccc(-c2nc(CC3CCCNC3)no2)nc1. The summed E-state index contributed by atoms with van der Waals surface area (Å²) in [6, 6.07) is 3.54. The molecule has 1 unspecified atom stereocenters. The summed E-state index contributed by atoms with van der Waals surface area (Å²) in [7, 11) is 0. The van der Waals surface area contributed by atoms with Gasteiger partial charge in [0.05, 0.1) is 5.02 Å². The number of nitrogens with zero attached hydrogens (tertiary/aromatic N) is 3. The first-order valence-electron chi connectivity index (χ1n) is 6.46. The number of aromatic nitrogens is 3. The summed E-state index contributed by atoms with van der Waals surface area (Å²) in [4.78, 5) is 8.56. The average Bonchev–Trinajstić information content (AvgIpc) is 2.89. The van der Waals surface area contributed by atoms with Gasteiger partial charge in [0, 0.05) is 12.6 Å². The van der Waals surface area contributed by atoms with Crippen LogP contribution in [0.15, 0.2) is 22.9 Å². The molecule has 3 heterocycles. The van der Waals surface area contributed by atoms with E-state index in [1.54, 1.807) is 18.3 Å². The summed E-state index contributed by atoms with van der Waals surface area (Å²) in [6.07, 6.45) is 4.86. The topological polar surface area (TPSA) is 63.8 Å². The lowest BCUT2D eigenvalue weighted by Crippen LogP contribution is -2.31. The van der Waals surface area contributed by atoms with Crippen LogP contribution in [0.3, 0.4) is 0 Å². The van der Waals surface area contributed by atoms with E-state index < -0.39 is 0 Å². The van der Waals surface area contributed by atoms with Gasteiger partial charge in [0.1, 0.15) is 5.69 Å². The molecule has 2 aromatic heterocycles. The predicted octanol–water partition coefficient (Wildman–Crippen LogP) is 2.33. The zero-order valence-corrected chi connectivity index (χ0v) is 11.2. The largest absolute Gasteiger partial charge is 0.332 e. The van der Waals surface area contributed by atoms with Crippen molar-refractivity contribution >= 4 is 11.6 Å². The van der Waals surface area contributed by atoms with Crippen molar-refractivity contribution in [2.75, 3.05) is 13.1 Å². The summed E-state index contributed by atoms with van der Waals surface area (Å²) >= 11 is 5.80. The molecule has 1 aliphatic heterocycles. The predicted molar refractivity (Wildman–Crippen MR) is 71.8 cm³/mol. The molecule has 3 rings (SSSR count). The van der Waals surface area contributed by atoms with Crippen LogP contribution in [-0.2, 0) is 6.42 Å². The molecule has 1 saturated heterocycles. The molecule has 100 valence electrons. The molecule has 2 aromatic rings. The fourth-order valence-electron chi connectivity index (χ4n) is 2.30. The number of hydrogen-bond acceptors (Lipinski definition) is 5. The Kier molecular flexibility index (Phi) is 3.75. The molecule has 1 atom stereocenters. The highest BCUT2D eigenvalue weighted by atomic mass is 35.5. The molecule has 1 aliphatic rings. The molecule has 0 aromatic carbocycles. The van der Waals surface area contributed by atoms with E-state index in [0.29, 0.717) is 22.5 Å². The molecule has 0 aliphatic carbocycles. The van der Waals surface area contributed by atoms with Crippen LogP contribution in [0.5, 0.6) is 0 Å². The van der Waals surface area contributed by atoms with Crippen molar-refractivity contribution in [2.45, 2.75) is 19.3 Å². The van der Waals surface area contributed by atoms with Crippen LogP contribution in [0.4, 0.5) is 0 Å².